The molecule has 0 rings (SSSR count). The molecule has 93 heavy (non-hydrogen) atoms. The molecule has 3 N–H and O–H groups in total. The number of hydrogen-bond donors (Lipinski definition) is 3. The fourth-order valence-electron chi connectivity index (χ4n) is 11.2. The molecule has 0 saturated heterocycles. The van der Waals surface area contributed by atoms with Gasteiger partial charge in [0.15, 0.2) is 12.2 Å². The second-order valence-corrected chi connectivity index (χ2v) is 30.6. The SMILES string of the molecule is CCCCCCCCCCCCCCCCC(=O)O[C@H](COC(=O)CCCCCCCCCCC(C)C)COP(=O)(O)OC[C@H](O)COP(=O)(O)OC[C@@H](COC(=O)CCCCCCCCCCCCC(C)CC)OC(=O)CCCCCCCCCCCCC(C)CC. The van der Waals surface area contributed by atoms with Crippen molar-refractivity contribution < 1.29 is 80.2 Å². The Morgan fingerprint density at radius 2 is 0.548 bits per heavy atom. The lowest BCUT2D eigenvalue weighted by Crippen LogP contribution is -2.30. The van der Waals surface area contributed by atoms with Crippen molar-refractivity contribution in [3.8, 4) is 0 Å². The number of carbonyl (C=O) groups excluding carboxylic acids is 4. The molecule has 0 bridgehead atoms. The summed E-state index contributed by atoms with van der Waals surface area (Å²) >= 11 is 0. The first-order valence-electron chi connectivity index (χ1n) is 38.4. The fourth-order valence-corrected chi connectivity index (χ4v) is 12.8. The van der Waals surface area contributed by atoms with Crippen LogP contribution in [0.15, 0.2) is 0 Å². The molecule has 7 atom stereocenters. The predicted octanol–water partition coefficient (Wildman–Crippen LogP) is 21.4. The van der Waals surface area contributed by atoms with E-state index in [1.165, 1.54) is 186 Å². The molecule has 0 saturated carbocycles. The highest BCUT2D eigenvalue weighted by atomic mass is 31.2. The van der Waals surface area contributed by atoms with Crippen molar-refractivity contribution >= 4 is 39.5 Å². The maximum absolute atomic E-state index is 13.1. The van der Waals surface area contributed by atoms with Crippen molar-refractivity contribution in [2.75, 3.05) is 39.6 Å². The Morgan fingerprint density at radius 1 is 0.312 bits per heavy atom. The Morgan fingerprint density at radius 3 is 0.817 bits per heavy atom. The van der Waals surface area contributed by atoms with E-state index in [1.807, 2.05) is 0 Å². The fraction of sp³-hybridized carbons (Fsp3) is 0.946. The van der Waals surface area contributed by atoms with Gasteiger partial charge in [-0.05, 0) is 43.4 Å². The van der Waals surface area contributed by atoms with Gasteiger partial charge in [-0.15, -0.1) is 0 Å². The third kappa shape index (κ3) is 65.8. The largest absolute Gasteiger partial charge is 0.472 e. The number of aliphatic hydroxyl groups excluding tert-OH is 1. The van der Waals surface area contributed by atoms with Crippen molar-refractivity contribution in [3.63, 3.8) is 0 Å². The number of rotatable bonds is 72. The van der Waals surface area contributed by atoms with E-state index in [1.54, 1.807) is 0 Å². The molecule has 0 heterocycles. The summed E-state index contributed by atoms with van der Waals surface area (Å²) in [6.07, 6.45) is 49.7. The molecule has 19 heteroatoms. The molecule has 0 aliphatic rings. The lowest BCUT2D eigenvalue weighted by Gasteiger charge is -2.21. The number of hydrogen-bond acceptors (Lipinski definition) is 15. The van der Waals surface area contributed by atoms with E-state index in [4.69, 9.17) is 37.0 Å². The minimum atomic E-state index is -4.96. The first-order valence-corrected chi connectivity index (χ1v) is 41.4. The molecule has 0 aliphatic carbocycles. The van der Waals surface area contributed by atoms with Crippen LogP contribution in [-0.2, 0) is 65.4 Å². The van der Waals surface area contributed by atoms with Gasteiger partial charge in [0.2, 0.25) is 0 Å². The molecule has 4 unspecified atom stereocenters. The van der Waals surface area contributed by atoms with Gasteiger partial charge in [0.1, 0.15) is 19.3 Å². The molecule has 0 aromatic heterocycles. The van der Waals surface area contributed by atoms with Gasteiger partial charge in [-0.2, -0.15) is 0 Å². The Labute approximate surface area is 568 Å². The molecular formula is C74H144O17P2. The third-order valence-corrected chi connectivity index (χ3v) is 19.8. The number of phosphoric ester groups is 2. The van der Waals surface area contributed by atoms with Crippen LogP contribution in [0, 0.1) is 17.8 Å². The van der Waals surface area contributed by atoms with Crippen LogP contribution in [0.2, 0.25) is 0 Å². The molecule has 552 valence electrons. The minimum Gasteiger partial charge on any atom is -0.462 e. The van der Waals surface area contributed by atoms with Gasteiger partial charge in [-0.3, -0.25) is 37.3 Å². The Hall–Kier alpha value is -1.94. The first kappa shape index (κ1) is 91.1. The predicted molar refractivity (Wildman–Crippen MR) is 377 cm³/mol. The Bertz CT molecular complexity index is 1820. The summed E-state index contributed by atoms with van der Waals surface area (Å²) in [5.74, 6) is 0.219. The number of esters is 4. The van der Waals surface area contributed by atoms with Crippen LogP contribution in [0.3, 0.4) is 0 Å². The lowest BCUT2D eigenvalue weighted by molar-refractivity contribution is -0.161. The molecule has 0 aromatic carbocycles. The van der Waals surface area contributed by atoms with Gasteiger partial charge in [-0.25, -0.2) is 9.13 Å². The maximum atomic E-state index is 13.1. The maximum Gasteiger partial charge on any atom is 0.472 e. The van der Waals surface area contributed by atoms with Gasteiger partial charge >= 0.3 is 39.5 Å². The summed E-state index contributed by atoms with van der Waals surface area (Å²) in [4.78, 5) is 72.8. The van der Waals surface area contributed by atoms with Crippen molar-refractivity contribution in [3.05, 3.63) is 0 Å². The molecule has 0 spiro atoms. The highest BCUT2D eigenvalue weighted by molar-refractivity contribution is 7.47. The van der Waals surface area contributed by atoms with Gasteiger partial charge in [0, 0.05) is 25.7 Å². The van der Waals surface area contributed by atoms with Crippen LogP contribution >= 0.6 is 15.6 Å². The highest BCUT2D eigenvalue weighted by Crippen LogP contribution is 2.45. The van der Waals surface area contributed by atoms with Gasteiger partial charge in [0.25, 0.3) is 0 Å². The average Bonchev–Trinajstić information content (AvgIpc) is 2.63. The molecule has 0 aliphatic heterocycles. The van der Waals surface area contributed by atoms with Gasteiger partial charge in [0.05, 0.1) is 26.4 Å². The average molecular weight is 1370 g/mol. The number of unbranched alkanes of at least 4 members (excludes halogenated alkanes) is 38. The monoisotopic (exact) mass is 1370 g/mol. The zero-order valence-electron chi connectivity index (χ0n) is 60.7. The smallest absolute Gasteiger partial charge is 0.462 e. The highest BCUT2D eigenvalue weighted by Gasteiger charge is 2.30. The topological polar surface area (TPSA) is 237 Å². The summed E-state index contributed by atoms with van der Waals surface area (Å²) in [5, 5.41) is 10.6. The molecule has 0 aromatic rings. The van der Waals surface area contributed by atoms with Crippen LogP contribution in [0.1, 0.15) is 376 Å². The van der Waals surface area contributed by atoms with Crippen LogP contribution in [0.5, 0.6) is 0 Å². The quantitative estimate of drug-likeness (QED) is 0.0222. The van der Waals surface area contributed by atoms with Crippen LogP contribution in [-0.4, -0.2) is 96.7 Å². The Balaban J connectivity index is 5.28. The van der Waals surface area contributed by atoms with Crippen molar-refractivity contribution in [1.82, 2.24) is 0 Å². The first-order chi connectivity index (χ1) is 44.8. The van der Waals surface area contributed by atoms with Crippen LogP contribution < -0.4 is 0 Å². The molecule has 0 amide bonds. The van der Waals surface area contributed by atoms with Gasteiger partial charge in [-0.1, -0.05) is 325 Å². The van der Waals surface area contributed by atoms with Gasteiger partial charge < -0.3 is 33.8 Å². The van der Waals surface area contributed by atoms with E-state index in [9.17, 15) is 43.2 Å². The number of aliphatic hydroxyl groups is 1. The van der Waals surface area contributed by atoms with E-state index in [0.717, 1.165) is 108 Å². The second-order valence-electron chi connectivity index (χ2n) is 27.6. The molecule has 0 radical (unpaired) electrons. The molecular weight excluding hydrogens is 1220 g/mol. The van der Waals surface area contributed by atoms with Crippen LogP contribution in [0.25, 0.3) is 0 Å². The summed E-state index contributed by atoms with van der Waals surface area (Å²) in [6.45, 7) is 11.9. The standard InChI is InChI=1S/C74H144O17P2/c1-8-11-12-13-14-15-16-17-18-19-27-36-43-50-57-73(78)90-70(62-85-72(77)56-49-42-35-30-29-31-38-45-52-65(4)5)64-89-93(82,83)87-60-68(75)59-86-92(80,81)88-63-69(91-74(79)58-51-44-37-28-23-21-25-33-40-47-54-67(7)10-3)61-84-71(76)55-48-41-34-26-22-20-24-32-39-46-53-66(6)9-2/h65-70,75H,8-64H2,1-7H3,(H,80,81)(H,82,83)/t66?,67?,68-,69-,70-/m1/s1. The van der Waals surface area contributed by atoms with Crippen molar-refractivity contribution in [2.45, 2.75) is 394 Å². The number of carbonyl (C=O) groups is 4. The van der Waals surface area contributed by atoms with Crippen LogP contribution in [0.4, 0.5) is 0 Å². The zero-order chi connectivity index (χ0) is 68.7. The summed E-state index contributed by atoms with van der Waals surface area (Å²) in [7, 11) is -9.91. The summed E-state index contributed by atoms with van der Waals surface area (Å²) < 4.78 is 68.5. The lowest BCUT2D eigenvalue weighted by atomic mass is 9.99. The zero-order valence-corrected chi connectivity index (χ0v) is 62.5. The second kappa shape index (κ2) is 64.7. The van der Waals surface area contributed by atoms with E-state index in [-0.39, 0.29) is 25.7 Å². The number of ether oxygens (including phenoxy) is 4. The van der Waals surface area contributed by atoms with Crippen molar-refractivity contribution in [2.24, 2.45) is 17.8 Å². The third-order valence-electron chi connectivity index (χ3n) is 17.9. The normalized spacial score (nSPS) is 14.7. The Kier molecular flexibility index (Phi) is 63.4. The van der Waals surface area contributed by atoms with E-state index in [0.29, 0.717) is 25.7 Å². The summed E-state index contributed by atoms with van der Waals surface area (Å²) in [5.41, 5.74) is 0. The minimum absolute atomic E-state index is 0.106. The molecule has 0 fully saturated rings. The van der Waals surface area contributed by atoms with E-state index in [2.05, 4.69) is 48.5 Å². The number of phosphoric acid groups is 2. The van der Waals surface area contributed by atoms with E-state index < -0.39 is 97.5 Å². The summed E-state index contributed by atoms with van der Waals surface area (Å²) in [6, 6.07) is 0. The van der Waals surface area contributed by atoms with E-state index >= 15 is 0 Å². The molecule has 17 nitrogen and oxygen atoms in total. The van der Waals surface area contributed by atoms with Crippen molar-refractivity contribution in [1.29, 1.82) is 0 Å².